The first-order valence-corrected chi connectivity index (χ1v) is 7.66. The van der Waals surface area contributed by atoms with Gasteiger partial charge in [0.15, 0.2) is 0 Å². The van der Waals surface area contributed by atoms with Gasteiger partial charge in [-0.25, -0.2) is 0 Å². The average molecular weight is 286 g/mol. The lowest BCUT2D eigenvalue weighted by Gasteiger charge is -2.18. The molecule has 0 aliphatic carbocycles. The summed E-state index contributed by atoms with van der Waals surface area (Å²) in [6.45, 7) is 5.21. The van der Waals surface area contributed by atoms with Gasteiger partial charge in [-0.3, -0.25) is 4.79 Å². The Labute approximate surface area is 124 Å². The van der Waals surface area contributed by atoms with E-state index in [1.54, 1.807) is 6.92 Å². The number of benzene rings is 1. The Kier molecular flexibility index (Phi) is 3.72. The number of carbonyl (C=O) groups excluding carboxylic acids is 1. The number of aromatic nitrogens is 1. The molecule has 2 N–H and O–H groups in total. The largest absolute Gasteiger partial charge is 0.465 e. The number of aryl methyl sites for hydroxylation is 2. The highest BCUT2D eigenvalue weighted by Crippen LogP contribution is 2.34. The summed E-state index contributed by atoms with van der Waals surface area (Å²) < 4.78 is 7.36. The van der Waals surface area contributed by atoms with Gasteiger partial charge in [-0.1, -0.05) is 25.1 Å². The Morgan fingerprint density at radius 1 is 1.48 bits per heavy atom. The number of nitrogens with zero attached hydrogens (tertiary/aromatic N) is 1. The summed E-state index contributed by atoms with van der Waals surface area (Å²) in [7, 11) is 0. The first-order valence-electron chi connectivity index (χ1n) is 7.66. The van der Waals surface area contributed by atoms with Crippen molar-refractivity contribution >= 4 is 16.9 Å². The van der Waals surface area contributed by atoms with Gasteiger partial charge in [-0.2, -0.15) is 0 Å². The fourth-order valence-corrected chi connectivity index (χ4v) is 3.28. The van der Waals surface area contributed by atoms with E-state index >= 15 is 0 Å². The van der Waals surface area contributed by atoms with Crippen LogP contribution in [0.3, 0.4) is 0 Å². The molecule has 112 valence electrons. The second-order valence-electron chi connectivity index (χ2n) is 5.76. The Bertz CT molecular complexity index is 675. The Morgan fingerprint density at radius 2 is 2.29 bits per heavy atom. The summed E-state index contributed by atoms with van der Waals surface area (Å²) in [5.74, 6) is -0.377. The monoisotopic (exact) mass is 286 g/mol. The molecule has 0 amide bonds. The number of nitrogens with two attached hydrogens (primary N) is 1. The van der Waals surface area contributed by atoms with Crippen LogP contribution in [-0.4, -0.2) is 23.2 Å². The van der Waals surface area contributed by atoms with Gasteiger partial charge in [-0.15, -0.1) is 0 Å². The molecule has 1 aliphatic rings. The van der Waals surface area contributed by atoms with Crippen LogP contribution in [-0.2, 0) is 22.5 Å². The molecule has 2 aromatic rings. The van der Waals surface area contributed by atoms with E-state index in [0.717, 1.165) is 18.5 Å². The summed E-state index contributed by atoms with van der Waals surface area (Å²) in [4.78, 5) is 11.9. The van der Waals surface area contributed by atoms with E-state index in [4.69, 9.17) is 10.5 Å². The van der Waals surface area contributed by atoms with Crippen LogP contribution >= 0.6 is 0 Å². The second kappa shape index (κ2) is 5.53. The number of para-hydroxylation sites is 1. The van der Waals surface area contributed by atoms with Gasteiger partial charge in [0.2, 0.25) is 0 Å². The van der Waals surface area contributed by atoms with E-state index in [0.29, 0.717) is 6.61 Å². The molecule has 0 bridgehead atoms. The third-order valence-corrected chi connectivity index (χ3v) is 4.45. The zero-order chi connectivity index (χ0) is 15.0. The van der Waals surface area contributed by atoms with E-state index in [2.05, 4.69) is 29.0 Å². The first-order chi connectivity index (χ1) is 10.1. The predicted octanol–water partition coefficient (Wildman–Crippen LogP) is 2.58. The van der Waals surface area contributed by atoms with Crippen LogP contribution < -0.4 is 5.73 Å². The van der Waals surface area contributed by atoms with E-state index in [-0.39, 0.29) is 11.9 Å². The maximum Gasteiger partial charge on any atom is 0.323 e. The van der Waals surface area contributed by atoms with E-state index < -0.39 is 6.04 Å². The van der Waals surface area contributed by atoms with Gasteiger partial charge in [0, 0.05) is 24.0 Å². The van der Waals surface area contributed by atoms with Gasteiger partial charge in [0.05, 0.1) is 12.1 Å². The molecule has 2 atom stereocenters. The first kappa shape index (κ1) is 14.1. The molecule has 1 aromatic heterocycles. The molecule has 0 fully saturated rings. The minimum absolute atomic E-state index is 0.0545. The van der Waals surface area contributed by atoms with Crippen molar-refractivity contribution in [2.75, 3.05) is 6.61 Å². The molecule has 21 heavy (non-hydrogen) atoms. The zero-order valence-electron chi connectivity index (χ0n) is 12.6. The smallest absolute Gasteiger partial charge is 0.323 e. The molecule has 4 nitrogen and oxygen atoms in total. The summed E-state index contributed by atoms with van der Waals surface area (Å²) >= 11 is 0. The van der Waals surface area contributed by atoms with Crippen molar-refractivity contribution in [3.8, 4) is 0 Å². The molecule has 0 radical (unpaired) electrons. The van der Waals surface area contributed by atoms with Gasteiger partial charge in [-0.05, 0) is 30.9 Å². The van der Waals surface area contributed by atoms with Crippen molar-refractivity contribution in [2.45, 2.75) is 45.2 Å². The summed E-state index contributed by atoms with van der Waals surface area (Å²) in [6, 6.07) is 5.80. The van der Waals surface area contributed by atoms with Crippen molar-refractivity contribution < 1.29 is 9.53 Å². The second-order valence-corrected chi connectivity index (χ2v) is 5.76. The molecule has 3 rings (SSSR count). The highest BCUT2D eigenvalue weighted by atomic mass is 16.5. The molecule has 0 saturated carbocycles. The average Bonchev–Trinajstić information content (AvgIpc) is 2.87. The molecule has 0 saturated heterocycles. The van der Waals surface area contributed by atoms with E-state index in [9.17, 15) is 4.79 Å². The van der Waals surface area contributed by atoms with Crippen molar-refractivity contribution in [1.29, 1.82) is 0 Å². The SMILES string of the molecule is CCOC(=O)C(N)C(C)c1cn2c3c(cccc13)CCC2. The van der Waals surface area contributed by atoms with Gasteiger partial charge in [0.1, 0.15) is 6.04 Å². The minimum Gasteiger partial charge on any atom is -0.465 e. The molecule has 4 heteroatoms. The maximum absolute atomic E-state index is 11.9. The van der Waals surface area contributed by atoms with Gasteiger partial charge < -0.3 is 15.0 Å². The quantitative estimate of drug-likeness (QED) is 0.879. The minimum atomic E-state index is -0.617. The zero-order valence-corrected chi connectivity index (χ0v) is 12.6. The Morgan fingerprint density at radius 3 is 3.05 bits per heavy atom. The predicted molar refractivity (Wildman–Crippen MR) is 83.3 cm³/mol. The van der Waals surface area contributed by atoms with Crippen molar-refractivity contribution in [2.24, 2.45) is 5.73 Å². The number of esters is 1. The lowest BCUT2D eigenvalue weighted by molar-refractivity contribution is -0.145. The standard InChI is InChI=1S/C17H22N2O2/c1-3-21-17(20)15(18)11(2)14-10-19-9-5-7-12-6-4-8-13(14)16(12)19/h4,6,8,10-11,15H,3,5,7,9,18H2,1-2H3. The normalized spacial score (nSPS) is 16.7. The lowest BCUT2D eigenvalue weighted by Crippen LogP contribution is -2.37. The van der Waals surface area contributed by atoms with Crippen LogP contribution in [0.4, 0.5) is 0 Å². The fourth-order valence-electron chi connectivity index (χ4n) is 3.28. The van der Waals surface area contributed by atoms with Crippen LogP contribution in [0.5, 0.6) is 0 Å². The molecule has 1 aromatic carbocycles. The van der Waals surface area contributed by atoms with Gasteiger partial charge >= 0.3 is 5.97 Å². The highest BCUT2D eigenvalue weighted by Gasteiger charge is 2.27. The van der Waals surface area contributed by atoms with Crippen LogP contribution in [0.1, 0.15) is 37.3 Å². The summed E-state index contributed by atoms with van der Waals surface area (Å²) in [6.07, 6.45) is 4.45. The maximum atomic E-state index is 11.9. The number of ether oxygens (including phenoxy) is 1. The molecule has 2 unspecified atom stereocenters. The van der Waals surface area contributed by atoms with Crippen LogP contribution in [0.25, 0.3) is 10.9 Å². The van der Waals surface area contributed by atoms with E-state index in [1.165, 1.54) is 22.9 Å². The summed E-state index contributed by atoms with van der Waals surface area (Å²) in [5.41, 5.74) is 9.94. The fraction of sp³-hybridized carbons (Fsp3) is 0.471. The number of hydrogen-bond donors (Lipinski definition) is 1. The van der Waals surface area contributed by atoms with Crippen LogP contribution in [0, 0.1) is 0 Å². The number of rotatable bonds is 4. The molecular weight excluding hydrogens is 264 g/mol. The molecule has 0 spiro atoms. The van der Waals surface area contributed by atoms with Crippen molar-refractivity contribution in [1.82, 2.24) is 4.57 Å². The number of hydrogen-bond acceptors (Lipinski definition) is 3. The molecule has 2 heterocycles. The Balaban J connectivity index is 2.01. The topological polar surface area (TPSA) is 57.2 Å². The van der Waals surface area contributed by atoms with Crippen molar-refractivity contribution in [3.63, 3.8) is 0 Å². The van der Waals surface area contributed by atoms with Gasteiger partial charge in [0.25, 0.3) is 0 Å². The molecule has 1 aliphatic heterocycles. The van der Waals surface area contributed by atoms with E-state index in [1.807, 2.05) is 6.92 Å². The number of carbonyl (C=O) groups is 1. The summed E-state index contributed by atoms with van der Waals surface area (Å²) in [5, 5.41) is 1.22. The molecular formula is C17H22N2O2. The third kappa shape index (κ3) is 2.33. The third-order valence-electron chi connectivity index (χ3n) is 4.45. The van der Waals surface area contributed by atoms with Crippen molar-refractivity contribution in [3.05, 3.63) is 35.5 Å². The highest BCUT2D eigenvalue weighted by molar-refractivity contribution is 5.89. The van der Waals surface area contributed by atoms with Crippen LogP contribution in [0.2, 0.25) is 0 Å². The van der Waals surface area contributed by atoms with Crippen LogP contribution in [0.15, 0.2) is 24.4 Å². The Hall–Kier alpha value is -1.81. The lowest BCUT2D eigenvalue weighted by atomic mass is 9.92.